The Balaban J connectivity index is 3.07. The van der Waals surface area contributed by atoms with Gasteiger partial charge in [-0.15, -0.1) is 0 Å². The summed E-state index contributed by atoms with van der Waals surface area (Å²) in [7, 11) is -3.76. The number of rotatable bonds is 6. The van der Waals surface area contributed by atoms with Crippen LogP contribution in [-0.2, 0) is 10.0 Å². The molecule has 17 heavy (non-hydrogen) atoms. The largest absolute Gasteiger partial charge is 0.395 e. The Hall–Kier alpha value is -0.730. The van der Waals surface area contributed by atoms with Crippen molar-refractivity contribution in [3.8, 4) is 0 Å². The van der Waals surface area contributed by atoms with Crippen molar-refractivity contribution in [2.45, 2.75) is 4.90 Å². The number of halogens is 1. The highest BCUT2D eigenvalue weighted by Crippen LogP contribution is 2.17. The van der Waals surface area contributed by atoms with E-state index in [0.29, 0.717) is 0 Å². The van der Waals surface area contributed by atoms with Crippen LogP contribution in [0.15, 0.2) is 23.2 Å². The van der Waals surface area contributed by atoms with E-state index < -0.39 is 10.0 Å². The van der Waals surface area contributed by atoms with Gasteiger partial charge in [0.1, 0.15) is 5.15 Å². The first-order valence-electron chi connectivity index (χ1n) is 4.86. The molecule has 0 amide bonds. The quantitative estimate of drug-likeness (QED) is 0.699. The SMILES string of the molecule is O=S(=O)(c1ccnc(Cl)c1)N(CCO)CCO. The van der Waals surface area contributed by atoms with Crippen LogP contribution < -0.4 is 0 Å². The van der Waals surface area contributed by atoms with E-state index in [1.54, 1.807) is 0 Å². The topological polar surface area (TPSA) is 90.7 Å². The molecule has 0 atom stereocenters. The average molecular weight is 281 g/mol. The number of aliphatic hydroxyl groups is 2. The van der Waals surface area contributed by atoms with Gasteiger partial charge in [-0.3, -0.25) is 0 Å². The van der Waals surface area contributed by atoms with Crippen molar-refractivity contribution in [2.75, 3.05) is 26.3 Å². The standard InChI is InChI=1S/C9H13ClN2O4S/c10-9-7-8(1-2-11-9)17(15,16)12(3-5-13)4-6-14/h1-2,7,13-14H,3-6H2. The number of aliphatic hydroxyl groups excluding tert-OH is 2. The van der Waals surface area contributed by atoms with Gasteiger partial charge in [0.15, 0.2) is 0 Å². The Morgan fingerprint density at radius 1 is 1.29 bits per heavy atom. The fourth-order valence-electron chi connectivity index (χ4n) is 1.27. The molecule has 0 aliphatic rings. The Labute approximate surface area is 105 Å². The molecule has 6 nitrogen and oxygen atoms in total. The summed E-state index contributed by atoms with van der Waals surface area (Å²) in [5.74, 6) is 0. The molecule has 96 valence electrons. The van der Waals surface area contributed by atoms with Crippen molar-refractivity contribution in [1.82, 2.24) is 9.29 Å². The minimum absolute atomic E-state index is 0.0144. The van der Waals surface area contributed by atoms with Crippen molar-refractivity contribution >= 4 is 21.6 Å². The summed E-state index contributed by atoms with van der Waals surface area (Å²) < 4.78 is 25.1. The maximum atomic E-state index is 12.1. The first-order valence-corrected chi connectivity index (χ1v) is 6.67. The predicted molar refractivity (Wildman–Crippen MR) is 62.2 cm³/mol. The molecule has 2 N–H and O–H groups in total. The van der Waals surface area contributed by atoms with Crippen LogP contribution >= 0.6 is 11.6 Å². The number of sulfonamides is 1. The molecule has 0 aliphatic carbocycles. The molecule has 1 aromatic heterocycles. The lowest BCUT2D eigenvalue weighted by molar-refractivity contribution is 0.217. The van der Waals surface area contributed by atoms with Gasteiger partial charge in [-0.25, -0.2) is 13.4 Å². The normalized spacial score (nSPS) is 12.0. The van der Waals surface area contributed by atoms with Crippen LogP contribution in [0.3, 0.4) is 0 Å². The molecular weight excluding hydrogens is 268 g/mol. The van der Waals surface area contributed by atoms with Crippen LogP contribution in [0.25, 0.3) is 0 Å². The zero-order valence-corrected chi connectivity index (χ0v) is 10.5. The Bertz CT molecular complexity index is 460. The lowest BCUT2D eigenvalue weighted by atomic mass is 10.5. The van der Waals surface area contributed by atoms with Crippen LogP contribution in [0.2, 0.25) is 5.15 Å². The maximum absolute atomic E-state index is 12.1. The van der Waals surface area contributed by atoms with Crippen LogP contribution in [0.1, 0.15) is 0 Å². The molecule has 0 fully saturated rings. The lowest BCUT2D eigenvalue weighted by Gasteiger charge is -2.20. The van der Waals surface area contributed by atoms with Crippen LogP contribution in [0.4, 0.5) is 0 Å². The molecule has 0 spiro atoms. The Morgan fingerprint density at radius 2 is 1.88 bits per heavy atom. The Kier molecular flexibility index (Phi) is 5.29. The minimum Gasteiger partial charge on any atom is -0.395 e. The van der Waals surface area contributed by atoms with Gasteiger partial charge < -0.3 is 10.2 Å². The molecule has 8 heteroatoms. The van der Waals surface area contributed by atoms with Crippen molar-refractivity contribution in [2.24, 2.45) is 0 Å². The van der Waals surface area contributed by atoms with Crippen molar-refractivity contribution < 1.29 is 18.6 Å². The van der Waals surface area contributed by atoms with Gasteiger partial charge in [0.05, 0.1) is 18.1 Å². The highest BCUT2D eigenvalue weighted by molar-refractivity contribution is 7.89. The summed E-state index contributed by atoms with van der Waals surface area (Å²) in [6, 6.07) is 2.53. The fraction of sp³-hybridized carbons (Fsp3) is 0.444. The van der Waals surface area contributed by atoms with Gasteiger partial charge in [0, 0.05) is 19.3 Å². The first kappa shape index (κ1) is 14.3. The van der Waals surface area contributed by atoms with E-state index >= 15 is 0 Å². The van der Waals surface area contributed by atoms with E-state index in [1.165, 1.54) is 18.3 Å². The molecule has 0 aliphatic heterocycles. The van der Waals surface area contributed by atoms with E-state index in [0.717, 1.165) is 4.31 Å². The number of hydrogen-bond donors (Lipinski definition) is 2. The lowest BCUT2D eigenvalue weighted by Crippen LogP contribution is -2.35. The van der Waals surface area contributed by atoms with Crippen molar-refractivity contribution in [3.05, 3.63) is 23.5 Å². The molecular formula is C9H13ClN2O4S. The van der Waals surface area contributed by atoms with Gasteiger partial charge in [-0.1, -0.05) is 11.6 Å². The van der Waals surface area contributed by atoms with Crippen LogP contribution in [-0.4, -0.2) is 54.2 Å². The molecule has 0 radical (unpaired) electrons. The molecule has 0 bridgehead atoms. The summed E-state index contributed by atoms with van der Waals surface area (Å²) in [6.07, 6.45) is 1.28. The third-order valence-electron chi connectivity index (χ3n) is 2.03. The molecule has 0 aromatic carbocycles. The average Bonchev–Trinajstić information content (AvgIpc) is 2.29. The molecule has 0 saturated heterocycles. The smallest absolute Gasteiger partial charge is 0.243 e. The minimum atomic E-state index is -3.76. The number of pyridine rings is 1. The third-order valence-corrected chi connectivity index (χ3v) is 4.14. The zero-order chi connectivity index (χ0) is 12.9. The number of aromatic nitrogens is 1. The second-order valence-corrected chi connectivity index (χ2v) is 5.49. The highest BCUT2D eigenvalue weighted by Gasteiger charge is 2.23. The molecule has 0 saturated carbocycles. The fourth-order valence-corrected chi connectivity index (χ4v) is 2.94. The molecule has 1 rings (SSSR count). The molecule has 1 aromatic rings. The predicted octanol–water partition coefficient (Wildman–Crippen LogP) is -0.290. The van der Waals surface area contributed by atoms with E-state index in [9.17, 15) is 8.42 Å². The van der Waals surface area contributed by atoms with E-state index in [4.69, 9.17) is 21.8 Å². The summed E-state index contributed by atoms with van der Waals surface area (Å²) in [5.41, 5.74) is 0. The molecule has 1 heterocycles. The summed E-state index contributed by atoms with van der Waals surface area (Å²) in [5, 5.41) is 17.7. The van der Waals surface area contributed by atoms with Gasteiger partial charge in [0.2, 0.25) is 10.0 Å². The van der Waals surface area contributed by atoms with Gasteiger partial charge in [-0.2, -0.15) is 4.31 Å². The number of nitrogens with zero attached hydrogens (tertiary/aromatic N) is 2. The third kappa shape index (κ3) is 3.62. The second-order valence-electron chi connectivity index (χ2n) is 3.17. The van der Waals surface area contributed by atoms with Crippen LogP contribution in [0, 0.1) is 0 Å². The monoisotopic (exact) mass is 280 g/mol. The summed E-state index contributed by atoms with van der Waals surface area (Å²) >= 11 is 5.62. The van der Waals surface area contributed by atoms with E-state index in [2.05, 4.69) is 4.98 Å². The summed E-state index contributed by atoms with van der Waals surface area (Å²) in [4.78, 5) is 3.67. The van der Waals surface area contributed by atoms with Crippen molar-refractivity contribution in [3.63, 3.8) is 0 Å². The summed E-state index contributed by atoms with van der Waals surface area (Å²) in [6.45, 7) is -0.804. The number of hydrogen-bond acceptors (Lipinski definition) is 5. The highest BCUT2D eigenvalue weighted by atomic mass is 35.5. The van der Waals surface area contributed by atoms with Gasteiger partial charge in [0.25, 0.3) is 0 Å². The van der Waals surface area contributed by atoms with Gasteiger partial charge >= 0.3 is 0 Å². The van der Waals surface area contributed by atoms with E-state index in [1.807, 2.05) is 0 Å². The van der Waals surface area contributed by atoms with Crippen LogP contribution in [0.5, 0.6) is 0 Å². The van der Waals surface area contributed by atoms with E-state index in [-0.39, 0.29) is 36.4 Å². The van der Waals surface area contributed by atoms with Gasteiger partial charge in [-0.05, 0) is 12.1 Å². The second kappa shape index (κ2) is 6.27. The maximum Gasteiger partial charge on any atom is 0.243 e. The van der Waals surface area contributed by atoms with Crippen molar-refractivity contribution in [1.29, 1.82) is 0 Å². The Morgan fingerprint density at radius 3 is 2.35 bits per heavy atom. The first-order chi connectivity index (χ1) is 8.02. The molecule has 0 unspecified atom stereocenters. The zero-order valence-electron chi connectivity index (χ0n) is 8.95.